The number of nitrogens with zero attached hydrogens (tertiary/aromatic N) is 1. The minimum Gasteiger partial charge on any atom is -0.327 e. The molecule has 3 nitrogen and oxygen atoms in total. The van der Waals surface area contributed by atoms with Gasteiger partial charge in [0.15, 0.2) is 0 Å². The number of aldehydes is 1. The van der Waals surface area contributed by atoms with Gasteiger partial charge in [0.2, 0.25) is 7.09 Å². The summed E-state index contributed by atoms with van der Waals surface area (Å²) in [5, 5.41) is 0. The summed E-state index contributed by atoms with van der Waals surface area (Å²) < 4.78 is 12.0. The van der Waals surface area contributed by atoms with E-state index in [0.717, 1.165) is 37.4 Å². The average molecular weight is 202 g/mol. The van der Waals surface area contributed by atoms with Crippen LogP contribution in [0.25, 0.3) is 0 Å². The summed E-state index contributed by atoms with van der Waals surface area (Å²) in [6, 6.07) is 0.355. The topological polar surface area (TPSA) is 29.5 Å². The van der Waals surface area contributed by atoms with Crippen LogP contribution in [0.2, 0.25) is 0 Å². The molecule has 1 saturated heterocycles. The van der Waals surface area contributed by atoms with Crippen LogP contribution < -0.4 is 0 Å². The molecule has 1 heterocycles. The Morgan fingerprint density at radius 3 is 3.38 bits per heavy atom. The first-order chi connectivity index (χ1) is 6.79. The van der Waals surface area contributed by atoms with Gasteiger partial charge < -0.3 is 8.98 Å². The zero-order valence-corrected chi connectivity index (χ0v) is 8.63. The van der Waals surface area contributed by atoms with E-state index in [1.54, 1.807) is 0 Å². The molecule has 0 amide bonds. The third kappa shape index (κ3) is 3.00. The Morgan fingerprint density at radius 1 is 1.85 bits per heavy atom. The summed E-state index contributed by atoms with van der Waals surface area (Å²) in [6.07, 6.45) is 4.11. The maximum absolute atomic E-state index is 10.7. The van der Waals surface area contributed by atoms with Crippen molar-refractivity contribution < 1.29 is 8.98 Å². The van der Waals surface area contributed by atoms with E-state index in [4.69, 9.17) is 5.52 Å². The number of carbonyl (C=O) groups excluding carboxylic acids is 1. The van der Waals surface area contributed by atoms with E-state index in [1.807, 2.05) is 7.05 Å². The predicted octanol–water partition coefficient (Wildman–Crippen LogP) is 0.519. The fourth-order valence-corrected chi connectivity index (χ4v) is 1.96. The molecule has 1 aliphatic heterocycles. The first-order valence-corrected chi connectivity index (χ1v) is 5.25. The van der Waals surface area contributed by atoms with Gasteiger partial charge >= 0.3 is 0 Å². The molecule has 73 valence electrons. The Hall–Kier alpha value is 0.00494. The maximum atomic E-state index is 10.7. The molecule has 0 aromatic heterocycles. The Morgan fingerprint density at radius 2 is 2.69 bits per heavy atom. The van der Waals surface area contributed by atoms with Crippen molar-refractivity contribution in [1.82, 2.24) is 4.90 Å². The van der Waals surface area contributed by atoms with Gasteiger partial charge in [-0.25, -0.2) is 0 Å². The van der Waals surface area contributed by atoms with Crippen LogP contribution in [0.3, 0.4) is 0 Å². The summed E-state index contributed by atoms with van der Waals surface area (Å²) in [5.74, 6) is 0. The largest absolute Gasteiger partial charge is 0.327 e. The molecule has 0 saturated carbocycles. The standard InChI is InChI=1S/C8H15BNO2S/c1-10-7(5-11)3-2-4-8(10)6-12-13-9/h5,7-9H,2-4,6H2,1H3/t7-,8-/m1/s1/i9T. The van der Waals surface area contributed by atoms with Crippen LogP contribution in [0.1, 0.15) is 19.3 Å². The molecular formula is C8H15BNO2S. The van der Waals surface area contributed by atoms with E-state index in [1.165, 1.54) is 7.09 Å². The number of likely N-dealkylation sites (tertiary alicyclic amines) is 1. The molecule has 0 unspecified atom stereocenters. The molecule has 1 aliphatic rings. The number of carbonyl (C=O) groups is 1. The first kappa shape index (κ1) is 9.56. The van der Waals surface area contributed by atoms with E-state index in [2.05, 4.69) is 4.90 Å². The maximum Gasteiger partial charge on any atom is 0.209 e. The van der Waals surface area contributed by atoms with Gasteiger partial charge in [-0.1, -0.05) is 11.9 Å². The lowest BCUT2D eigenvalue weighted by atomic mass is 9.98. The number of piperidine rings is 1. The van der Waals surface area contributed by atoms with Crippen LogP contribution in [-0.2, 0) is 8.98 Å². The van der Waals surface area contributed by atoms with Gasteiger partial charge in [0.05, 0.1) is 12.6 Å². The van der Waals surface area contributed by atoms with Crippen molar-refractivity contribution in [3.05, 3.63) is 0 Å². The van der Waals surface area contributed by atoms with E-state index >= 15 is 0 Å². The van der Waals surface area contributed by atoms with E-state index in [-0.39, 0.29) is 6.04 Å². The van der Waals surface area contributed by atoms with Crippen molar-refractivity contribution in [2.24, 2.45) is 0 Å². The van der Waals surface area contributed by atoms with Crippen molar-refractivity contribution in [2.45, 2.75) is 31.3 Å². The molecule has 13 heavy (non-hydrogen) atoms. The third-order valence-electron chi connectivity index (χ3n) is 2.62. The summed E-state index contributed by atoms with van der Waals surface area (Å²) in [5.41, 5.74) is 0. The van der Waals surface area contributed by atoms with Gasteiger partial charge in [-0.15, -0.1) is 0 Å². The monoisotopic (exact) mass is 202 g/mol. The van der Waals surface area contributed by atoms with Gasteiger partial charge in [0, 0.05) is 6.04 Å². The van der Waals surface area contributed by atoms with E-state index < -0.39 is 0 Å². The Kier molecular flexibility index (Phi) is 4.17. The normalized spacial score (nSPS) is 31.0. The highest BCUT2D eigenvalue weighted by Crippen LogP contribution is 2.20. The van der Waals surface area contributed by atoms with Crippen molar-refractivity contribution in [3.8, 4) is 0 Å². The average Bonchev–Trinajstić information content (AvgIpc) is 2.21. The van der Waals surface area contributed by atoms with Gasteiger partial charge in [-0.2, -0.15) is 0 Å². The molecule has 1 radical (unpaired) electrons. The van der Waals surface area contributed by atoms with Crippen molar-refractivity contribution >= 4 is 25.3 Å². The van der Waals surface area contributed by atoms with E-state index in [0.29, 0.717) is 12.6 Å². The molecular weight excluding hydrogens is 185 g/mol. The fraction of sp³-hybridized carbons (Fsp3) is 0.875. The molecule has 1 fully saturated rings. The summed E-state index contributed by atoms with van der Waals surface area (Å²) in [7, 11) is 3.13. The first-order valence-electron chi connectivity index (χ1n) is 5.03. The summed E-state index contributed by atoms with van der Waals surface area (Å²) in [4.78, 5) is 12.8. The SMILES string of the molecule is [3H][B]SOC[C@H]1CCC[C@H](C=O)N1C. The van der Waals surface area contributed by atoms with Crippen LogP contribution in [0.4, 0.5) is 0 Å². The Labute approximate surface area is 86.1 Å². The van der Waals surface area contributed by atoms with E-state index in [9.17, 15) is 4.79 Å². The van der Waals surface area contributed by atoms with Crippen molar-refractivity contribution in [1.29, 1.82) is 1.34 Å². The van der Waals surface area contributed by atoms with Crippen molar-refractivity contribution in [3.63, 3.8) is 0 Å². The minimum atomic E-state index is 0.0438. The Bertz CT molecular complexity index is 187. The second-order valence-electron chi connectivity index (χ2n) is 3.33. The fourth-order valence-electron chi connectivity index (χ4n) is 1.72. The van der Waals surface area contributed by atoms with Gasteiger partial charge in [-0.3, -0.25) is 4.90 Å². The molecule has 0 bridgehead atoms. The molecule has 2 atom stereocenters. The molecule has 1 rings (SSSR count). The number of hydrogen-bond acceptors (Lipinski definition) is 4. The minimum absolute atomic E-state index is 0.0438. The lowest BCUT2D eigenvalue weighted by Crippen LogP contribution is -2.46. The van der Waals surface area contributed by atoms with Crippen LogP contribution in [-0.4, -0.2) is 45.3 Å². The molecule has 5 heteroatoms. The predicted molar refractivity (Wildman–Crippen MR) is 55.9 cm³/mol. The zero-order valence-electron chi connectivity index (χ0n) is 8.81. The number of likely N-dealkylation sites (N-methyl/N-ethyl adjacent to an activating group) is 1. The molecule has 0 N–H and O–H groups in total. The second kappa shape index (κ2) is 5.68. The third-order valence-corrected chi connectivity index (χ3v) is 2.89. The highest BCUT2D eigenvalue weighted by atomic mass is 32.2. The van der Waals surface area contributed by atoms with Gasteiger partial charge in [-0.05, 0) is 27.6 Å². The lowest BCUT2D eigenvalue weighted by molar-refractivity contribution is -0.114. The second-order valence-corrected chi connectivity index (χ2v) is 3.76. The van der Waals surface area contributed by atoms with Gasteiger partial charge in [0.25, 0.3) is 0 Å². The van der Waals surface area contributed by atoms with Crippen LogP contribution in [0.5, 0.6) is 0 Å². The molecule has 0 aliphatic carbocycles. The summed E-state index contributed by atoms with van der Waals surface area (Å²) >= 11 is 1.04. The van der Waals surface area contributed by atoms with Crippen LogP contribution >= 0.6 is 11.9 Å². The highest BCUT2D eigenvalue weighted by molar-refractivity contribution is 8.15. The van der Waals surface area contributed by atoms with Gasteiger partial charge in [0.1, 0.15) is 6.29 Å². The summed E-state index contributed by atoms with van der Waals surface area (Å²) in [6.45, 7) is 0.584. The molecule has 0 spiro atoms. The lowest BCUT2D eigenvalue weighted by Gasteiger charge is -2.36. The smallest absolute Gasteiger partial charge is 0.209 e. The van der Waals surface area contributed by atoms with Crippen LogP contribution in [0.15, 0.2) is 0 Å². The molecule has 0 aromatic carbocycles. The molecule has 0 aromatic rings. The van der Waals surface area contributed by atoms with Crippen molar-refractivity contribution in [2.75, 3.05) is 13.7 Å². The Balaban J connectivity index is 2.32. The zero-order chi connectivity index (χ0) is 10.4. The van der Waals surface area contributed by atoms with Crippen LogP contribution in [0, 0.1) is 0 Å². The number of hydrogen-bond donors (Lipinski definition) is 0. The quantitative estimate of drug-likeness (QED) is 0.281. The highest BCUT2D eigenvalue weighted by Gasteiger charge is 2.26. The number of rotatable bonds is 5.